The lowest BCUT2D eigenvalue weighted by molar-refractivity contribution is -0.137. The number of benzene rings is 4. The number of nitrogens with one attached hydrogen (secondary N) is 1. The highest BCUT2D eigenvalue weighted by Crippen LogP contribution is 2.44. The van der Waals surface area contributed by atoms with Crippen molar-refractivity contribution in [2.45, 2.75) is 18.4 Å². The maximum absolute atomic E-state index is 12.7. The van der Waals surface area contributed by atoms with Crippen molar-refractivity contribution >= 4 is 22.8 Å². The molecule has 1 aliphatic rings. The Morgan fingerprint density at radius 1 is 0.818 bits per heavy atom. The Morgan fingerprint density at radius 3 is 2.09 bits per heavy atom. The van der Waals surface area contributed by atoms with E-state index in [2.05, 4.69) is 29.6 Å². The van der Waals surface area contributed by atoms with Crippen molar-refractivity contribution in [1.29, 1.82) is 0 Å². The van der Waals surface area contributed by atoms with Crippen LogP contribution in [0.1, 0.15) is 35.1 Å². The van der Waals surface area contributed by atoms with Crippen LogP contribution >= 0.6 is 0 Å². The summed E-state index contributed by atoms with van der Waals surface area (Å²) in [6.45, 7) is 0.178. The zero-order valence-corrected chi connectivity index (χ0v) is 17.9. The summed E-state index contributed by atoms with van der Waals surface area (Å²) in [4.78, 5) is 24.2. The molecule has 5 heteroatoms. The van der Waals surface area contributed by atoms with Gasteiger partial charge in [0.05, 0.1) is 12.5 Å². The summed E-state index contributed by atoms with van der Waals surface area (Å²) >= 11 is 0. The van der Waals surface area contributed by atoms with Gasteiger partial charge in [0.25, 0.3) is 0 Å². The summed E-state index contributed by atoms with van der Waals surface area (Å²) in [6.07, 6.45) is -0.862. The summed E-state index contributed by atoms with van der Waals surface area (Å²) in [7, 11) is 0. The van der Waals surface area contributed by atoms with Gasteiger partial charge in [0.1, 0.15) is 6.61 Å². The Hall–Kier alpha value is -4.12. The van der Waals surface area contributed by atoms with Crippen LogP contribution in [0.2, 0.25) is 0 Å². The molecule has 4 aromatic rings. The minimum absolute atomic E-state index is 0.0539. The third kappa shape index (κ3) is 4.17. The number of carboxylic acids is 1. The number of carboxylic acid groups (broad SMARTS) is 1. The van der Waals surface area contributed by atoms with E-state index in [0.29, 0.717) is 0 Å². The number of alkyl carbamates (subject to hydrolysis) is 1. The lowest BCUT2D eigenvalue weighted by Crippen LogP contribution is -2.31. The fourth-order valence-corrected chi connectivity index (χ4v) is 4.63. The maximum atomic E-state index is 12.7. The number of aliphatic carboxylic acids is 1. The van der Waals surface area contributed by atoms with Crippen molar-refractivity contribution in [2.24, 2.45) is 0 Å². The number of carbonyl (C=O) groups is 2. The molecule has 0 saturated carbocycles. The van der Waals surface area contributed by atoms with E-state index in [9.17, 15) is 14.7 Å². The fourth-order valence-electron chi connectivity index (χ4n) is 4.63. The number of carbonyl (C=O) groups excluding carboxylic acids is 1. The largest absolute Gasteiger partial charge is 0.481 e. The second-order valence-electron chi connectivity index (χ2n) is 8.23. The standard InChI is InChI=1S/C28H23NO4/c30-27(31)16-26(20-14-13-18-7-1-2-8-19(18)15-20)29-28(32)33-17-25-23-11-5-3-9-21(23)22-10-4-6-12-24(22)25/h1-15,25-26H,16-17H2,(H,29,32)(H,30,31). The highest BCUT2D eigenvalue weighted by Gasteiger charge is 2.29. The number of ether oxygens (including phenoxy) is 1. The summed E-state index contributed by atoms with van der Waals surface area (Å²) in [6, 6.07) is 29.1. The molecule has 1 unspecified atom stereocenters. The van der Waals surface area contributed by atoms with E-state index < -0.39 is 18.1 Å². The molecule has 0 radical (unpaired) electrons. The number of hydrogen-bond acceptors (Lipinski definition) is 3. The smallest absolute Gasteiger partial charge is 0.407 e. The molecule has 1 amide bonds. The molecular formula is C28H23NO4. The Bertz CT molecular complexity index is 1300. The second-order valence-corrected chi connectivity index (χ2v) is 8.23. The molecule has 1 aliphatic carbocycles. The van der Waals surface area contributed by atoms with Crippen molar-refractivity contribution in [1.82, 2.24) is 5.32 Å². The highest BCUT2D eigenvalue weighted by atomic mass is 16.5. The van der Waals surface area contributed by atoms with Crippen LogP contribution in [-0.2, 0) is 9.53 Å². The van der Waals surface area contributed by atoms with Crippen LogP contribution in [0, 0.1) is 0 Å². The van der Waals surface area contributed by atoms with E-state index in [1.807, 2.05) is 66.7 Å². The Labute approximate surface area is 191 Å². The van der Waals surface area contributed by atoms with Crippen molar-refractivity contribution in [2.75, 3.05) is 6.61 Å². The van der Waals surface area contributed by atoms with Gasteiger partial charge in [-0.15, -0.1) is 0 Å². The molecule has 164 valence electrons. The van der Waals surface area contributed by atoms with Crippen LogP contribution in [0.15, 0.2) is 91.0 Å². The molecule has 5 nitrogen and oxygen atoms in total. The molecule has 0 spiro atoms. The maximum Gasteiger partial charge on any atom is 0.407 e. The van der Waals surface area contributed by atoms with Crippen molar-refractivity contribution in [3.05, 3.63) is 108 Å². The van der Waals surface area contributed by atoms with E-state index in [1.165, 1.54) is 0 Å². The average Bonchev–Trinajstić information content (AvgIpc) is 3.15. The molecule has 5 rings (SSSR count). The van der Waals surface area contributed by atoms with Crippen molar-refractivity contribution in [3.8, 4) is 11.1 Å². The third-order valence-corrected chi connectivity index (χ3v) is 6.19. The van der Waals surface area contributed by atoms with Crippen LogP contribution in [0.5, 0.6) is 0 Å². The zero-order chi connectivity index (χ0) is 22.8. The molecule has 0 aromatic heterocycles. The number of amides is 1. The summed E-state index contributed by atoms with van der Waals surface area (Å²) < 4.78 is 5.62. The molecule has 0 heterocycles. The Morgan fingerprint density at radius 2 is 1.42 bits per heavy atom. The summed E-state index contributed by atoms with van der Waals surface area (Å²) in [5.41, 5.74) is 5.29. The minimum Gasteiger partial charge on any atom is -0.481 e. The van der Waals surface area contributed by atoms with Gasteiger partial charge in [-0.3, -0.25) is 4.79 Å². The third-order valence-electron chi connectivity index (χ3n) is 6.19. The summed E-state index contributed by atoms with van der Waals surface area (Å²) in [5, 5.41) is 14.2. The summed E-state index contributed by atoms with van der Waals surface area (Å²) in [5.74, 6) is -1.05. The van der Waals surface area contributed by atoms with Crippen LogP contribution in [-0.4, -0.2) is 23.8 Å². The van der Waals surface area contributed by atoms with Gasteiger partial charge in [-0.05, 0) is 44.7 Å². The fraction of sp³-hybridized carbons (Fsp3) is 0.143. The SMILES string of the molecule is O=C(O)CC(NC(=O)OCC1c2ccccc2-c2ccccc21)c1ccc2ccccc2c1. The van der Waals surface area contributed by atoms with Gasteiger partial charge in [0, 0.05) is 5.92 Å². The van der Waals surface area contributed by atoms with Gasteiger partial charge in [0.2, 0.25) is 0 Å². The average molecular weight is 437 g/mol. The van der Waals surface area contributed by atoms with Gasteiger partial charge >= 0.3 is 12.1 Å². The lowest BCUT2D eigenvalue weighted by atomic mass is 9.98. The van der Waals surface area contributed by atoms with Crippen molar-refractivity contribution < 1.29 is 19.4 Å². The number of fused-ring (bicyclic) bond motifs is 4. The normalized spacial score (nSPS) is 13.2. The van der Waals surface area contributed by atoms with E-state index in [4.69, 9.17) is 4.74 Å². The Balaban J connectivity index is 1.33. The molecule has 0 saturated heterocycles. The monoisotopic (exact) mass is 437 g/mol. The van der Waals surface area contributed by atoms with Crippen LogP contribution in [0.4, 0.5) is 4.79 Å². The van der Waals surface area contributed by atoms with Crippen LogP contribution in [0.25, 0.3) is 21.9 Å². The first-order valence-electron chi connectivity index (χ1n) is 10.9. The quantitative estimate of drug-likeness (QED) is 0.394. The minimum atomic E-state index is -0.993. The second kappa shape index (κ2) is 8.79. The molecule has 0 bridgehead atoms. The van der Waals surface area contributed by atoms with Gasteiger partial charge in [-0.2, -0.15) is 0 Å². The van der Waals surface area contributed by atoms with Gasteiger partial charge in [-0.25, -0.2) is 4.79 Å². The lowest BCUT2D eigenvalue weighted by Gasteiger charge is -2.19. The van der Waals surface area contributed by atoms with Crippen molar-refractivity contribution in [3.63, 3.8) is 0 Å². The molecule has 2 N–H and O–H groups in total. The first kappa shape index (κ1) is 20.8. The van der Waals surface area contributed by atoms with Gasteiger partial charge in [0.15, 0.2) is 0 Å². The van der Waals surface area contributed by atoms with E-state index in [-0.39, 0.29) is 18.9 Å². The predicted molar refractivity (Wildman–Crippen MR) is 127 cm³/mol. The number of rotatable bonds is 6. The highest BCUT2D eigenvalue weighted by molar-refractivity contribution is 5.84. The number of hydrogen-bond donors (Lipinski definition) is 2. The van der Waals surface area contributed by atoms with Gasteiger partial charge in [-0.1, -0.05) is 84.9 Å². The van der Waals surface area contributed by atoms with Crippen LogP contribution < -0.4 is 5.32 Å². The van der Waals surface area contributed by atoms with E-state index in [0.717, 1.165) is 38.6 Å². The molecule has 1 atom stereocenters. The molecule has 0 fully saturated rings. The predicted octanol–water partition coefficient (Wildman–Crippen LogP) is 5.89. The van der Waals surface area contributed by atoms with Gasteiger partial charge < -0.3 is 15.2 Å². The first-order chi connectivity index (χ1) is 16.1. The van der Waals surface area contributed by atoms with E-state index >= 15 is 0 Å². The zero-order valence-electron chi connectivity index (χ0n) is 17.9. The molecular weight excluding hydrogens is 414 g/mol. The molecule has 33 heavy (non-hydrogen) atoms. The topological polar surface area (TPSA) is 75.6 Å². The van der Waals surface area contributed by atoms with Crippen LogP contribution in [0.3, 0.4) is 0 Å². The molecule has 0 aliphatic heterocycles. The molecule has 4 aromatic carbocycles. The Kier molecular flexibility index (Phi) is 5.53. The first-order valence-corrected chi connectivity index (χ1v) is 10.9. The van der Waals surface area contributed by atoms with E-state index in [1.54, 1.807) is 0 Å².